The Morgan fingerprint density at radius 3 is 2.76 bits per heavy atom. The maximum Gasteiger partial charge on any atom is 0.204 e. The van der Waals surface area contributed by atoms with Crippen LogP contribution in [0.5, 0.6) is 5.75 Å². The third kappa shape index (κ3) is 5.31. The Kier molecular flexibility index (Phi) is 7.64. The summed E-state index contributed by atoms with van der Waals surface area (Å²) >= 11 is 0. The van der Waals surface area contributed by atoms with Gasteiger partial charge in [0.05, 0.1) is 23.2 Å². The van der Waals surface area contributed by atoms with Crippen LogP contribution in [0.25, 0.3) is 16.7 Å². The molecule has 2 aromatic carbocycles. The molecule has 0 aliphatic rings. The van der Waals surface area contributed by atoms with Crippen LogP contribution in [0, 0.1) is 12.7 Å². The molecule has 178 valence electrons. The largest absolute Gasteiger partial charge is 0.491 e. The Bertz CT molecular complexity index is 1290. The van der Waals surface area contributed by atoms with Gasteiger partial charge in [0.25, 0.3) is 0 Å². The molecule has 34 heavy (non-hydrogen) atoms. The van der Waals surface area contributed by atoms with Crippen molar-refractivity contribution in [3.05, 3.63) is 59.7 Å². The van der Waals surface area contributed by atoms with Crippen molar-refractivity contribution >= 4 is 28.3 Å². The van der Waals surface area contributed by atoms with Crippen LogP contribution in [0.15, 0.2) is 42.5 Å². The molecule has 0 aliphatic carbocycles. The lowest BCUT2D eigenvalue weighted by molar-refractivity contribution is 0.0975. The Morgan fingerprint density at radius 2 is 1.94 bits per heavy atom. The number of anilines is 1. The van der Waals surface area contributed by atoms with E-state index in [9.17, 15) is 9.18 Å². The zero-order chi connectivity index (χ0) is 23.9. The molecule has 4 aromatic rings. The van der Waals surface area contributed by atoms with Crippen molar-refractivity contribution in [1.29, 1.82) is 0 Å². The molecule has 0 fully saturated rings. The highest BCUT2D eigenvalue weighted by Gasteiger charge is 2.14. The molecule has 9 heteroatoms. The van der Waals surface area contributed by atoms with Gasteiger partial charge in [-0.15, -0.1) is 10.2 Å². The fraction of sp³-hybridized carbons (Fsp3) is 0.360. The first-order valence-electron chi connectivity index (χ1n) is 11.4. The molecule has 0 saturated heterocycles. The van der Waals surface area contributed by atoms with Crippen molar-refractivity contribution in [3.8, 4) is 5.75 Å². The number of halogens is 1. The highest BCUT2D eigenvalue weighted by atomic mass is 19.1. The SMILES string of the molecule is COCCOc1ccc2c(c1)nc(NCCCCCC(=O)c1ccccc1F)c1nnc(C)n12. The molecular formula is C25H28FN5O3. The number of carbonyl (C=O) groups is 1. The zero-order valence-electron chi connectivity index (χ0n) is 19.4. The number of aryl methyl sites for hydroxylation is 1. The van der Waals surface area contributed by atoms with Gasteiger partial charge in [0.1, 0.15) is 24.0 Å². The van der Waals surface area contributed by atoms with Gasteiger partial charge in [-0.1, -0.05) is 18.6 Å². The number of hydrogen-bond acceptors (Lipinski definition) is 7. The van der Waals surface area contributed by atoms with Gasteiger partial charge in [-0.2, -0.15) is 0 Å². The van der Waals surface area contributed by atoms with E-state index in [0.717, 1.165) is 29.7 Å². The average molecular weight is 466 g/mol. The standard InChI is InChI=1S/C25H28FN5O3/c1-17-29-30-25-24(27-13-7-3-4-10-23(32)19-8-5-6-9-20(19)26)28-21-16-18(34-15-14-33-2)11-12-22(21)31(17)25/h5-6,8-9,11-12,16H,3-4,7,10,13-15H2,1-2H3,(H,27,28). The number of hydrogen-bond donors (Lipinski definition) is 1. The normalized spacial score (nSPS) is 11.3. The summed E-state index contributed by atoms with van der Waals surface area (Å²) in [6.07, 6.45) is 2.69. The molecule has 0 spiro atoms. The Morgan fingerprint density at radius 1 is 1.09 bits per heavy atom. The molecule has 0 bridgehead atoms. The number of nitrogens with one attached hydrogen (secondary N) is 1. The van der Waals surface area contributed by atoms with Crippen LogP contribution in [0.1, 0.15) is 41.9 Å². The predicted molar refractivity (Wildman–Crippen MR) is 128 cm³/mol. The van der Waals surface area contributed by atoms with Crippen LogP contribution < -0.4 is 10.1 Å². The van der Waals surface area contributed by atoms with Crippen molar-refractivity contribution in [3.63, 3.8) is 0 Å². The van der Waals surface area contributed by atoms with Crippen LogP contribution in [0.3, 0.4) is 0 Å². The second-order valence-corrected chi connectivity index (χ2v) is 8.00. The summed E-state index contributed by atoms with van der Waals surface area (Å²) in [5.41, 5.74) is 2.49. The molecule has 2 aromatic heterocycles. The van der Waals surface area contributed by atoms with E-state index in [4.69, 9.17) is 14.5 Å². The third-order valence-corrected chi connectivity index (χ3v) is 5.56. The lowest BCUT2D eigenvalue weighted by Crippen LogP contribution is -2.08. The maximum atomic E-state index is 13.7. The highest BCUT2D eigenvalue weighted by molar-refractivity contribution is 5.96. The third-order valence-electron chi connectivity index (χ3n) is 5.56. The van der Waals surface area contributed by atoms with E-state index >= 15 is 0 Å². The summed E-state index contributed by atoms with van der Waals surface area (Å²) < 4.78 is 26.5. The Balaban J connectivity index is 1.38. The number of carbonyl (C=O) groups excluding carboxylic acids is 1. The summed E-state index contributed by atoms with van der Waals surface area (Å²) in [4.78, 5) is 17.0. The smallest absolute Gasteiger partial charge is 0.204 e. The van der Waals surface area contributed by atoms with Gasteiger partial charge in [-0.05, 0) is 44.0 Å². The number of nitrogens with zero attached hydrogens (tertiary/aromatic N) is 4. The Labute approximate surface area is 197 Å². The highest BCUT2D eigenvalue weighted by Crippen LogP contribution is 2.25. The van der Waals surface area contributed by atoms with E-state index in [1.54, 1.807) is 19.2 Å². The van der Waals surface area contributed by atoms with E-state index in [2.05, 4.69) is 15.5 Å². The molecule has 0 aliphatic heterocycles. The second kappa shape index (κ2) is 11.0. The summed E-state index contributed by atoms with van der Waals surface area (Å²) in [5.74, 6) is 1.50. The van der Waals surface area contributed by atoms with E-state index in [0.29, 0.717) is 49.8 Å². The van der Waals surface area contributed by atoms with Gasteiger partial charge < -0.3 is 14.8 Å². The molecule has 0 saturated carbocycles. The maximum absolute atomic E-state index is 13.7. The van der Waals surface area contributed by atoms with Crippen LogP contribution in [-0.4, -0.2) is 52.2 Å². The average Bonchev–Trinajstić information content (AvgIpc) is 3.23. The molecule has 0 atom stereocenters. The van der Waals surface area contributed by atoms with Gasteiger partial charge in [-0.3, -0.25) is 9.20 Å². The van der Waals surface area contributed by atoms with Crippen LogP contribution in [0.2, 0.25) is 0 Å². The van der Waals surface area contributed by atoms with Crippen LogP contribution >= 0.6 is 0 Å². The number of Topliss-reactive ketones (excluding diaryl/α,β-unsaturated/α-hetero) is 1. The molecule has 0 unspecified atom stereocenters. The molecule has 4 rings (SSSR count). The van der Waals surface area contributed by atoms with Crippen molar-refractivity contribution in [1.82, 2.24) is 19.6 Å². The predicted octanol–water partition coefficient (Wildman–Crippen LogP) is 4.61. The quantitative estimate of drug-likeness (QED) is 0.241. The van der Waals surface area contributed by atoms with Crippen molar-refractivity contribution in [2.75, 3.05) is 32.2 Å². The summed E-state index contributed by atoms with van der Waals surface area (Å²) in [6.45, 7) is 3.53. The Hall–Kier alpha value is -3.59. The molecule has 2 heterocycles. The first-order chi connectivity index (χ1) is 16.6. The summed E-state index contributed by atoms with van der Waals surface area (Å²) in [6, 6.07) is 11.8. The minimum atomic E-state index is -0.462. The van der Waals surface area contributed by atoms with E-state index in [1.165, 1.54) is 12.1 Å². The van der Waals surface area contributed by atoms with Gasteiger partial charge in [0.15, 0.2) is 11.6 Å². The summed E-state index contributed by atoms with van der Waals surface area (Å²) in [5, 5.41) is 11.9. The first kappa shape index (κ1) is 23.6. The van der Waals surface area contributed by atoms with Crippen LogP contribution in [-0.2, 0) is 4.74 Å². The van der Waals surface area contributed by atoms with Gasteiger partial charge >= 0.3 is 0 Å². The number of ether oxygens (including phenoxy) is 2. The van der Waals surface area contributed by atoms with Gasteiger partial charge in [0.2, 0.25) is 5.65 Å². The fourth-order valence-electron chi connectivity index (χ4n) is 3.82. The minimum Gasteiger partial charge on any atom is -0.491 e. The van der Waals surface area contributed by atoms with E-state index in [-0.39, 0.29) is 11.3 Å². The first-order valence-corrected chi connectivity index (χ1v) is 11.4. The number of fused-ring (bicyclic) bond motifs is 3. The number of rotatable bonds is 12. The van der Waals surface area contributed by atoms with E-state index < -0.39 is 5.82 Å². The number of ketones is 1. The minimum absolute atomic E-state index is 0.161. The summed E-state index contributed by atoms with van der Waals surface area (Å²) in [7, 11) is 1.63. The van der Waals surface area contributed by atoms with Gasteiger partial charge in [-0.25, -0.2) is 9.37 Å². The van der Waals surface area contributed by atoms with Crippen LogP contribution in [0.4, 0.5) is 10.2 Å². The second-order valence-electron chi connectivity index (χ2n) is 8.00. The van der Waals surface area contributed by atoms with Crippen molar-refractivity contribution in [2.24, 2.45) is 0 Å². The fourth-order valence-corrected chi connectivity index (χ4v) is 3.82. The lowest BCUT2D eigenvalue weighted by Gasteiger charge is -2.11. The van der Waals surface area contributed by atoms with Gasteiger partial charge in [0, 0.05) is 26.1 Å². The van der Waals surface area contributed by atoms with E-state index in [1.807, 2.05) is 29.5 Å². The van der Waals surface area contributed by atoms with Crippen molar-refractivity contribution < 1.29 is 18.7 Å². The molecule has 0 amide bonds. The molecule has 1 N–H and O–H groups in total. The number of methoxy groups -OCH3 is 1. The zero-order valence-corrected chi connectivity index (χ0v) is 19.4. The monoisotopic (exact) mass is 465 g/mol. The number of unbranched alkanes of at least 4 members (excludes halogenated alkanes) is 2. The number of benzene rings is 2. The molecule has 8 nitrogen and oxygen atoms in total. The topological polar surface area (TPSA) is 90.6 Å². The molecule has 0 radical (unpaired) electrons. The van der Waals surface area contributed by atoms with Crippen molar-refractivity contribution in [2.45, 2.75) is 32.6 Å². The molecular weight excluding hydrogens is 437 g/mol. The lowest BCUT2D eigenvalue weighted by atomic mass is 10.0. The number of aromatic nitrogens is 4.